The summed E-state index contributed by atoms with van der Waals surface area (Å²) in [7, 11) is 0.750. The first-order valence-electron chi connectivity index (χ1n) is 15.2. The van der Waals surface area contributed by atoms with E-state index in [1.165, 1.54) is 0 Å². The van der Waals surface area contributed by atoms with Gasteiger partial charge in [0.25, 0.3) is 0 Å². The zero-order chi connectivity index (χ0) is 41.2. The van der Waals surface area contributed by atoms with Gasteiger partial charge in [0.15, 0.2) is 0 Å². The summed E-state index contributed by atoms with van der Waals surface area (Å²) in [6, 6.07) is 18.3. The Kier molecular flexibility index (Phi) is 31.9. The molecule has 0 saturated carbocycles. The summed E-state index contributed by atoms with van der Waals surface area (Å²) in [5.74, 6) is -0.539. The first kappa shape index (κ1) is 56.0. The van der Waals surface area contributed by atoms with Crippen LogP contribution >= 0.6 is 0 Å². The van der Waals surface area contributed by atoms with Gasteiger partial charge in [0.1, 0.15) is 12.6 Å². The van der Waals surface area contributed by atoms with Gasteiger partial charge in [-0.05, 0) is 61.4 Å². The molecule has 2 radical (unpaired) electrons. The van der Waals surface area contributed by atoms with Crippen molar-refractivity contribution in [2.75, 3.05) is 20.2 Å². The van der Waals surface area contributed by atoms with Crippen LogP contribution in [0, 0.1) is 136 Å². The third-order valence-electron chi connectivity index (χ3n) is 6.68. The third-order valence-corrected chi connectivity index (χ3v) is 6.68. The van der Waals surface area contributed by atoms with Crippen LogP contribution in [0.3, 0.4) is 0 Å². The molecule has 21 nitrogen and oxygen atoms in total. The molecule has 0 aliphatic rings. The maximum absolute atomic E-state index is 12.9. The van der Waals surface area contributed by atoms with Crippen LogP contribution in [-0.2, 0) is 26.2 Å². The van der Waals surface area contributed by atoms with E-state index in [1.54, 1.807) is 24.5 Å². The molecule has 4 aromatic rings. The number of aromatic nitrogens is 2. The minimum absolute atomic E-state index is 0. The number of aldehydes is 2. The molecule has 0 N–H and O–H groups in total. The van der Waals surface area contributed by atoms with Crippen molar-refractivity contribution in [3.05, 3.63) is 164 Å². The molecule has 2 heterocycles. The Morgan fingerprint density at radius 1 is 0.571 bits per heavy atom. The smallest absolute Gasteiger partial charge is 0.872 e. The topological polar surface area (TPSA) is 334 Å². The zero-order valence-electron chi connectivity index (χ0n) is 29.8. The predicted molar refractivity (Wildman–Crippen MR) is 186 cm³/mol. The Morgan fingerprint density at radius 3 is 1.12 bits per heavy atom. The third kappa shape index (κ3) is 25.0. The SMILES string of the molecule is C[O-].Cc1cc(C=O)c([O-])c(CN(CCN(Cc2ccccn2)Cc2cc(C)cc(C=O)c2[O-])Cc2ccccn2)c1.O=[N+]([O-])[O-].O=[N+]([O-])[O-].O=[N+]([O-])[O-].[Dy+3].[Dy+3]. The quantitative estimate of drug-likeness (QED) is 0.105. The van der Waals surface area contributed by atoms with Crippen molar-refractivity contribution in [3.63, 3.8) is 0 Å². The van der Waals surface area contributed by atoms with E-state index in [1.807, 2.05) is 62.4 Å². The number of hydrogen-bond acceptors (Lipinski definition) is 18. The van der Waals surface area contributed by atoms with Crippen LogP contribution in [-0.4, -0.2) is 67.8 Å². The number of aryl methyl sites for hydroxylation is 2. The average molecular weight is 1080 g/mol. The fourth-order valence-electron chi connectivity index (χ4n) is 4.80. The van der Waals surface area contributed by atoms with Crippen molar-refractivity contribution in [1.82, 2.24) is 19.8 Å². The molecule has 23 heteroatoms. The number of rotatable bonds is 13. The second-order valence-corrected chi connectivity index (χ2v) is 10.7. The Morgan fingerprint density at radius 2 is 0.875 bits per heavy atom. The van der Waals surface area contributed by atoms with Crippen LogP contribution < -0.4 is 15.3 Å². The van der Waals surface area contributed by atoms with Gasteiger partial charge in [-0.15, -0.1) is 0 Å². The van der Waals surface area contributed by atoms with Gasteiger partial charge in [-0.1, -0.05) is 46.9 Å². The van der Waals surface area contributed by atoms with Crippen LogP contribution in [0.5, 0.6) is 11.5 Å². The van der Waals surface area contributed by atoms with Gasteiger partial charge >= 0.3 is 76.3 Å². The van der Waals surface area contributed by atoms with E-state index in [9.17, 15) is 19.8 Å². The monoisotopic (exact) mass is 1080 g/mol. The number of carbonyl (C=O) groups is 2. The van der Waals surface area contributed by atoms with Crippen LogP contribution in [0.2, 0.25) is 0 Å². The van der Waals surface area contributed by atoms with Crippen LogP contribution in [0.4, 0.5) is 0 Å². The average Bonchev–Trinajstić information content (AvgIpc) is 3.11. The zero-order valence-corrected chi connectivity index (χ0v) is 33.9. The van der Waals surface area contributed by atoms with E-state index in [2.05, 4.69) is 19.8 Å². The largest absolute Gasteiger partial charge is 3.00 e. The van der Waals surface area contributed by atoms with Gasteiger partial charge < -0.3 is 61.3 Å². The van der Waals surface area contributed by atoms with Crippen molar-refractivity contribution in [2.24, 2.45) is 0 Å². The maximum Gasteiger partial charge on any atom is 3.00 e. The molecule has 56 heavy (non-hydrogen) atoms. The van der Waals surface area contributed by atoms with E-state index in [0.717, 1.165) is 29.6 Å². The van der Waals surface area contributed by atoms with Gasteiger partial charge in [-0.3, -0.25) is 29.4 Å². The van der Waals surface area contributed by atoms with Crippen molar-refractivity contribution in [2.45, 2.75) is 40.0 Å². The Hall–Kier alpha value is -4.29. The fourth-order valence-corrected chi connectivity index (χ4v) is 4.80. The van der Waals surface area contributed by atoms with E-state index < -0.39 is 15.3 Å². The van der Waals surface area contributed by atoms with E-state index in [0.29, 0.717) is 63.0 Å². The van der Waals surface area contributed by atoms with Crippen molar-refractivity contribution < 1.29 is 117 Å². The minimum Gasteiger partial charge on any atom is -0.872 e. The van der Waals surface area contributed by atoms with Gasteiger partial charge in [-0.2, -0.15) is 7.11 Å². The summed E-state index contributed by atoms with van der Waals surface area (Å²) in [4.78, 5) is 60.9. The maximum atomic E-state index is 12.9. The summed E-state index contributed by atoms with van der Waals surface area (Å²) < 4.78 is 0. The molecule has 0 unspecified atom stereocenters. The van der Waals surface area contributed by atoms with Crippen LogP contribution in [0.15, 0.2) is 73.1 Å². The molecule has 306 valence electrons. The molecule has 0 aliphatic heterocycles. The minimum atomic E-state index is -1.75. The number of hydrogen-bond donors (Lipinski definition) is 0. The number of carbonyl (C=O) groups excluding carboxylic acids is 2. The molecule has 0 spiro atoms. The first-order valence-corrected chi connectivity index (χ1v) is 15.2. The summed E-state index contributed by atoms with van der Waals surface area (Å²) >= 11 is 0. The molecule has 0 fully saturated rings. The molecule has 0 atom stereocenters. The normalized spacial score (nSPS) is 9.39. The number of nitrogens with zero attached hydrogens (tertiary/aromatic N) is 7. The standard InChI is InChI=1S/C32H34N4O4.CH3O.2Dy.3NO3/c1-23-13-25(31(39)27(15-23)21-37)17-35(19-29-7-3-5-9-33-29)11-12-36(20-30-8-4-6-10-34-30)18-26-14-24(2)16-28(22-38)32(26)40;1-2;;;3*2-1(3)4/h3-10,13-16,21-22,39-40H,11-12,17-20H2,1-2H3;1H3;;;;;/q;-1;2*+3;3*-1/p-2. The van der Waals surface area contributed by atoms with Crippen molar-refractivity contribution >= 4 is 12.6 Å². The molecule has 0 amide bonds. The van der Waals surface area contributed by atoms with Gasteiger partial charge in [0.2, 0.25) is 0 Å². The van der Waals surface area contributed by atoms with Crippen LogP contribution in [0.1, 0.15) is 54.4 Å². The summed E-state index contributed by atoms with van der Waals surface area (Å²) in [5.41, 5.74) is 4.79. The molecular weight excluding hydrogens is 1040 g/mol. The van der Waals surface area contributed by atoms with Crippen molar-refractivity contribution in [3.8, 4) is 11.5 Å². The van der Waals surface area contributed by atoms with Gasteiger partial charge in [0.05, 0.1) is 26.6 Å². The summed E-state index contributed by atoms with van der Waals surface area (Å²) in [5, 5.41) is 78.4. The first-order chi connectivity index (χ1) is 25.6. The number of benzene rings is 2. The summed E-state index contributed by atoms with van der Waals surface area (Å²) in [6.07, 6.45) is 4.67. The molecule has 0 bridgehead atoms. The summed E-state index contributed by atoms with van der Waals surface area (Å²) in [6.45, 7) is 6.49. The molecule has 2 aromatic carbocycles. The molecular formula is C33H35Dy2N7O14. The number of pyridine rings is 2. The second-order valence-electron chi connectivity index (χ2n) is 10.7. The van der Waals surface area contributed by atoms with E-state index >= 15 is 0 Å². The Bertz CT molecular complexity index is 1630. The van der Waals surface area contributed by atoms with Crippen LogP contribution in [0.25, 0.3) is 0 Å². The Labute approximate surface area is 381 Å². The van der Waals surface area contributed by atoms with Gasteiger partial charge in [0, 0.05) is 62.8 Å². The fraction of sp³-hybridized carbons (Fsp3) is 0.273. The Balaban J connectivity index is -0.00000153. The predicted octanol–water partition coefficient (Wildman–Crippen LogP) is 1.83. The van der Waals surface area contributed by atoms with E-state index in [4.69, 9.17) is 51.1 Å². The van der Waals surface area contributed by atoms with Gasteiger partial charge in [-0.25, -0.2) is 0 Å². The second kappa shape index (κ2) is 31.9. The molecule has 2 aromatic heterocycles. The van der Waals surface area contributed by atoms with E-state index in [-0.39, 0.29) is 99.0 Å². The van der Waals surface area contributed by atoms with Crippen molar-refractivity contribution in [1.29, 1.82) is 0 Å². The molecule has 0 saturated heterocycles. The molecule has 4 rings (SSSR count). The molecule has 0 aliphatic carbocycles.